The molecule has 1 aromatic rings. The smallest absolute Gasteiger partial charge is 0.0919 e. The van der Waals surface area contributed by atoms with Gasteiger partial charge < -0.3 is 0 Å². The summed E-state index contributed by atoms with van der Waals surface area (Å²) in [6, 6.07) is 1.97. The molecule has 2 nitrogen and oxygen atoms in total. The van der Waals surface area contributed by atoms with Gasteiger partial charge in [0.15, 0.2) is 0 Å². The molecule has 0 aliphatic rings. The Labute approximate surface area is 66.8 Å². The van der Waals surface area contributed by atoms with E-state index in [1.165, 1.54) is 0 Å². The molecule has 0 saturated heterocycles. The summed E-state index contributed by atoms with van der Waals surface area (Å²) in [7, 11) is 1.90. The van der Waals surface area contributed by atoms with Gasteiger partial charge in [-0.3, -0.25) is 4.68 Å². The number of rotatable bonds is 2. The molecular weight excluding hydrogens is 136 g/mol. The first-order valence-electron chi connectivity index (χ1n) is 3.56. The van der Waals surface area contributed by atoms with Crippen molar-refractivity contribution in [2.75, 3.05) is 0 Å². The van der Waals surface area contributed by atoms with Crippen LogP contribution in [0, 0.1) is 0 Å². The molecule has 0 bridgehead atoms. The number of nitrogens with zero attached hydrogens (tertiary/aromatic N) is 2. The van der Waals surface area contributed by atoms with Gasteiger partial charge in [-0.25, -0.2) is 0 Å². The summed E-state index contributed by atoms with van der Waals surface area (Å²) in [6.07, 6.45) is 5.72. The lowest BCUT2D eigenvalue weighted by Crippen LogP contribution is -1.89. The van der Waals surface area contributed by atoms with Crippen molar-refractivity contribution < 1.29 is 0 Å². The highest BCUT2D eigenvalue weighted by Gasteiger charge is 1.97. The molecule has 0 N–H and O–H groups in total. The van der Waals surface area contributed by atoms with Gasteiger partial charge in [0.05, 0.1) is 5.69 Å². The van der Waals surface area contributed by atoms with Crippen LogP contribution in [0.15, 0.2) is 31.0 Å². The summed E-state index contributed by atoms with van der Waals surface area (Å²) in [6.45, 7) is 5.68. The minimum atomic E-state index is 0.977. The molecule has 0 atom stereocenters. The van der Waals surface area contributed by atoms with E-state index in [9.17, 15) is 0 Å². The van der Waals surface area contributed by atoms with Crippen molar-refractivity contribution in [1.29, 1.82) is 0 Å². The van der Waals surface area contributed by atoms with Crippen molar-refractivity contribution >= 4 is 5.57 Å². The van der Waals surface area contributed by atoms with Crippen LogP contribution in [0.1, 0.15) is 12.6 Å². The van der Waals surface area contributed by atoms with E-state index in [1.54, 1.807) is 4.68 Å². The van der Waals surface area contributed by atoms with E-state index in [0.29, 0.717) is 0 Å². The Morgan fingerprint density at radius 1 is 1.73 bits per heavy atom. The summed E-state index contributed by atoms with van der Waals surface area (Å²) >= 11 is 0. The van der Waals surface area contributed by atoms with Crippen molar-refractivity contribution in [3.63, 3.8) is 0 Å². The molecular formula is C9H12N2. The van der Waals surface area contributed by atoms with Gasteiger partial charge in [0.1, 0.15) is 0 Å². The monoisotopic (exact) mass is 148 g/mol. The summed E-state index contributed by atoms with van der Waals surface area (Å²) in [4.78, 5) is 0. The number of allylic oxidation sites excluding steroid dienone is 3. The predicted octanol–water partition coefficient (Wildman–Crippen LogP) is 2.01. The van der Waals surface area contributed by atoms with E-state index in [2.05, 4.69) is 11.7 Å². The fourth-order valence-electron chi connectivity index (χ4n) is 0.939. The molecule has 0 unspecified atom stereocenters. The first kappa shape index (κ1) is 7.79. The van der Waals surface area contributed by atoms with Crippen molar-refractivity contribution in [3.05, 3.63) is 36.7 Å². The van der Waals surface area contributed by atoms with Gasteiger partial charge in [0.2, 0.25) is 0 Å². The number of hydrogen-bond acceptors (Lipinski definition) is 1. The van der Waals surface area contributed by atoms with Crippen LogP contribution in [0.2, 0.25) is 0 Å². The fraction of sp³-hybridized carbons (Fsp3) is 0.222. The molecule has 0 saturated carbocycles. The highest BCUT2D eigenvalue weighted by Crippen LogP contribution is 2.11. The zero-order valence-corrected chi connectivity index (χ0v) is 6.91. The van der Waals surface area contributed by atoms with Crippen LogP contribution in [0.3, 0.4) is 0 Å². The van der Waals surface area contributed by atoms with Gasteiger partial charge in [-0.1, -0.05) is 18.7 Å². The maximum absolute atomic E-state index is 4.23. The topological polar surface area (TPSA) is 17.8 Å². The first-order valence-corrected chi connectivity index (χ1v) is 3.56. The van der Waals surface area contributed by atoms with E-state index < -0.39 is 0 Å². The Morgan fingerprint density at radius 3 is 2.82 bits per heavy atom. The van der Waals surface area contributed by atoms with E-state index in [4.69, 9.17) is 0 Å². The lowest BCUT2D eigenvalue weighted by molar-refractivity contribution is 0.763. The SMILES string of the molecule is C=C/C(=C\C)c1ccn(C)n1. The molecule has 11 heavy (non-hydrogen) atoms. The third-order valence-corrected chi connectivity index (χ3v) is 1.54. The van der Waals surface area contributed by atoms with Crippen molar-refractivity contribution in [1.82, 2.24) is 9.78 Å². The molecule has 2 heteroatoms. The van der Waals surface area contributed by atoms with Crippen molar-refractivity contribution in [2.45, 2.75) is 6.92 Å². The van der Waals surface area contributed by atoms with Gasteiger partial charge in [-0.15, -0.1) is 0 Å². The maximum Gasteiger partial charge on any atom is 0.0919 e. The van der Waals surface area contributed by atoms with Gasteiger partial charge in [-0.2, -0.15) is 5.10 Å². The summed E-state index contributed by atoms with van der Waals surface area (Å²) < 4.78 is 1.78. The van der Waals surface area contributed by atoms with Crippen LogP contribution in [-0.2, 0) is 7.05 Å². The van der Waals surface area contributed by atoms with E-state index >= 15 is 0 Å². The average Bonchev–Trinajstić information content (AvgIpc) is 2.39. The highest BCUT2D eigenvalue weighted by atomic mass is 15.2. The first-order chi connectivity index (χ1) is 5.27. The van der Waals surface area contributed by atoms with Crippen molar-refractivity contribution in [2.24, 2.45) is 7.05 Å². The second-order valence-electron chi connectivity index (χ2n) is 2.32. The largest absolute Gasteiger partial charge is 0.275 e. The minimum absolute atomic E-state index is 0.977. The second kappa shape index (κ2) is 3.19. The third-order valence-electron chi connectivity index (χ3n) is 1.54. The predicted molar refractivity (Wildman–Crippen MR) is 47.1 cm³/mol. The Bertz CT molecular complexity index is 282. The van der Waals surface area contributed by atoms with Crippen molar-refractivity contribution in [3.8, 4) is 0 Å². The zero-order chi connectivity index (χ0) is 8.27. The summed E-state index contributed by atoms with van der Waals surface area (Å²) in [5, 5.41) is 4.23. The fourth-order valence-corrected chi connectivity index (χ4v) is 0.939. The van der Waals surface area contributed by atoms with Gasteiger partial charge in [0, 0.05) is 13.2 Å². The molecule has 1 rings (SSSR count). The number of aryl methyl sites for hydroxylation is 1. The molecule has 0 aliphatic carbocycles. The minimum Gasteiger partial charge on any atom is -0.275 e. The van der Waals surface area contributed by atoms with Gasteiger partial charge >= 0.3 is 0 Å². The molecule has 58 valence electrons. The van der Waals surface area contributed by atoms with Crippen LogP contribution in [0.25, 0.3) is 5.57 Å². The third kappa shape index (κ3) is 1.58. The molecule has 0 radical (unpaired) electrons. The van der Waals surface area contributed by atoms with Gasteiger partial charge in [-0.05, 0) is 18.6 Å². The van der Waals surface area contributed by atoms with Crippen LogP contribution in [-0.4, -0.2) is 9.78 Å². The van der Waals surface area contributed by atoms with E-state index in [1.807, 2.05) is 38.4 Å². The standard InChI is InChI=1S/C9H12N2/c1-4-8(5-2)9-6-7-11(3)10-9/h4-7H,1H2,2-3H3/b8-5+. The lowest BCUT2D eigenvalue weighted by Gasteiger charge is -1.92. The molecule has 1 aromatic heterocycles. The highest BCUT2D eigenvalue weighted by molar-refractivity contribution is 5.70. The quantitative estimate of drug-likeness (QED) is 0.586. The Balaban J connectivity index is 3.00. The summed E-state index contributed by atoms with van der Waals surface area (Å²) in [5.41, 5.74) is 2.05. The normalized spacial score (nSPS) is 11.6. The van der Waals surface area contributed by atoms with E-state index in [-0.39, 0.29) is 0 Å². The Hall–Kier alpha value is -1.31. The molecule has 0 spiro atoms. The lowest BCUT2D eigenvalue weighted by atomic mass is 10.2. The second-order valence-corrected chi connectivity index (χ2v) is 2.32. The molecule has 0 amide bonds. The van der Waals surface area contributed by atoms with Gasteiger partial charge in [0.25, 0.3) is 0 Å². The molecule has 1 heterocycles. The summed E-state index contributed by atoms with van der Waals surface area (Å²) in [5.74, 6) is 0. The number of hydrogen-bond donors (Lipinski definition) is 0. The average molecular weight is 148 g/mol. The number of aromatic nitrogens is 2. The zero-order valence-electron chi connectivity index (χ0n) is 6.91. The van der Waals surface area contributed by atoms with Crippen LogP contribution < -0.4 is 0 Å². The molecule has 0 fully saturated rings. The van der Waals surface area contributed by atoms with Crippen LogP contribution in [0.5, 0.6) is 0 Å². The van der Waals surface area contributed by atoms with Crippen LogP contribution in [0.4, 0.5) is 0 Å². The maximum atomic E-state index is 4.23. The molecule has 0 aromatic carbocycles. The molecule has 0 aliphatic heterocycles. The van der Waals surface area contributed by atoms with E-state index in [0.717, 1.165) is 11.3 Å². The Kier molecular flexibility index (Phi) is 2.26. The van der Waals surface area contributed by atoms with Crippen LogP contribution >= 0.6 is 0 Å². The Morgan fingerprint density at radius 2 is 2.45 bits per heavy atom.